The first-order valence-electron chi connectivity index (χ1n) is 6.98. The molecule has 1 amide bonds. The van der Waals surface area contributed by atoms with Crippen molar-refractivity contribution in [2.75, 3.05) is 38.2 Å². The fraction of sp³-hybridized carbons (Fsp3) is 0.643. The number of methoxy groups -OCH3 is 1. The number of piperazine rings is 1. The van der Waals surface area contributed by atoms with Gasteiger partial charge in [-0.15, -0.1) is 5.10 Å². The zero-order valence-corrected chi connectivity index (χ0v) is 13.0. The number of anilines is 1. The summed E-state index contributed by atoms with van der Waals surface area (Å²) in [5, 5.41) is 8.01. The molecule has 116 valence electrons. The summed E-state index contributed by atoms with van der Waals surface area (Å²) >= 11 is 0. The maximum Gasteiger partial charge on any atom is 0.410 e. The van der Waals surface area contributed by atoms with Gasteiger partial charge in [-0.05, 0) is 20.8 Å². The molecule has 1 aliphatic heterocycles. The summed E-state index contributed by atoms with van der Waals surface area (Å²) < 4.78 is 10.5. The summed E-state index contributed by atoms with van der Waals surface area (Å²) in [4.78, 5) is 15.8. The van der Waals surface area contributed by atoms with E-state index in [0.29, 0.717) is 31.9 Å². The highest BCUT2D eigenvalue weighted by Gasteiger charge is 2.26. The average molecular weight is 294 g/mol. The molecule has 1 aromatic rings. The van der Waals surface area contributed by atoms with Gasteiger partial charge in [-0.1, -0.05) is 0 Å². The second kappa shape index (κ2) is 6.15. The molecule has 1 aliphatic rings. The van der Waals surface area contributed by atoms with Crippen molar-refractivity contribution in [1.82, 2.24) is 15.1 Å². The standard InChI is InChI=1S/C14H22N4O3/c1-14(2,3)21-13(19)18-7-5-17(6-8-18)12-9-11(20-4)10-15-16-12/h9-10H,5-8H2,1-4H3. The topological polar surface area (TPSA) is 67.8 Å². The minimum atomic E-state index is -0.466. The van der Waals surface area contributed by atoms with E-state index in [-0.39, 0.29) is 6.09 Å². The van der Waals surface area contributed by atoms with Crippen molar-refractivity contribution in [1.29, 1.82) is 0 Å². The van der Waals surface area contributed by atoms with Crippen molar-refractivity contribution in [3.63, 3.8) is 0 Å². The van der Waals surface area contributed by atoms with Crippen LogP contribution >= 0.6 is 0 Å². The molecule has 0 bridgehead atoms. The molecule has 0 spiro atoms. The maximum atomic E-state index is 12.0. The zero-order valence-electron chi connectivity index (χ0n) is 13.0. The number of amides is 1. The molecule has 0 aliphatic carbocycles. The highest BCUT2D eigenvalue weighted by atomic mass is 16.6. The molecule has 7 heteroatoms. The maximum absolute atomic E-state index is 12.0. The van der Waals surface area contributed by atoms with Crippen LogP contribution in [0.15, 0.2) is 12.3 Å². The van der Waals surface area contributed by atoms with E-state index >= 15 is 0 Å². The van der Waals surface area contributed by atoms with Gasteiger partial charge in [-0.25, -0.2) is 4.79 Å². The van der Waals surface area contributed by atoms with Gasteiger partial charge in [-0.3, -0.25) is 0 Å². The van der Waals surface area contributed by atoms with Crippen LogP contribution in [0, 0.1) is 0 Å². The highest BCUT2D eigenvalue weighted by molar-refractivity contribution is 5.68. The van der Waals surface area contributed by atoms with Crippen LogP contribution < -0.4 is 9.64 Å². The van der Waals surface area contributed by atoms with Gasteiger partial charge in [0.05, 0.1) is 13.3 Å². The molecular weight excluding hydrogens is 272 g/mol. The number of aromatic nitrogens is 2. The lowest BCUT2D eigenvalue weighted by molar-refractivity contribution is 0.0240. The summed E-state index contributed by atoms with van der Waals surface area (Å²) in [5.74, 6) is 1.44. The lowest BCUT2D eigenvalue weighted by Gasteiger charge is -2.35. The summed E-state index contributed by atoms with van der Waals surface area (Å²) in [7, 11) is 1.60. The molecule has 0 atom stereocenters. The zero-order chi connectivity index (χ0) is 15.5. The van der Waals surface area contributed by atoms with Crippen LogP contribution in [-0.4, -0.2) is 60.1 Å². The van der Waals surface area contributed by atoms with Crippen molar-refractivity contribution < 1.29 is 14.3 Å². The van der Waals surface area contributed by atoms with Crippen LogP contribution in [0.2, 0.25) is 0 Å². The number of rotatable bonds is 2. The second-order valence-electron chi connectivity index (χ2n) is 5.91. The van der Waals surface area contributed by atoms with E-state index in [9.17, 15) is 4.79 Å². The predicted molar refractivity (Wildman–Crippen MR) is 78.6 cm³/mol. The van der Waals surface area contributed by atoms with Gasteiger partial charge < -0.3 is 19.3 Å². The molecule has 1 fully saturated rings. The Labute approximate surface area is 124 Å². The number of ether oxygens (including phenoxy) is 2. The van der Waals surface area contributed by atoms with Gasteiger partial charge >= 0.3 is 6.09 Å². The van der Waals surface area contributed by atoms with Crippen molar-refractivity contribution >= 4 is 11.9 Å². The van der Waals surface area contributed by atoms with E-state index in [0.717, 1.165) is 5.82 Å². The molecule has 0 saturated carbocycles. The van der Waals surface area contributed by atoms with E-state index < -0.39 is 5.60 Å². The number of carbonyl (C=O) groups excluding carboxylic acids is 1. The molecule has 0 N–H and O–H groups in total. The van der Waals surface area contributed by atoms with Crippen molar-refractivity contribution in [2.45, 2.75) is 26.4 Å². The van der Waals surface area contributed by atoms with Gasteiger partial charge in [0.1, 0.15) is 11.4 Å². The summed E-state index contributed by atoms with van der Waals surface area (Å²) in [5.41, 5.74) is -0.466. The highest BCUT2D eigenvalue weighted by Crippen LogP contribution is 2.19. The van der Waals surface area contributed by atoms with Crippen LogP contribution in [-0.2, 0) is 4.74 Å². The van der Waals surface area contributed by atoms with E-state index in [2.05, 4.69) is 15.1 Å². The molecule has 0 aromatic carbocycles. The first kappa shape index (κ1) is 15.3. The average Bonchev–Trinajstić information content (AvgIpc) is 2.46. The molecule has 2 heterocycles. The third-order valence-corrected chi connectivity index (χ3v) is 3.11. The van der Waals surface area contributed by atoms with Crippen molar-refractivity contribution in [3.8, 4) is 5.75 Å². The number of nitrogens with zero attached hydrogens (tertiary/aromatic N) is 4. The molecule has 1 saturated heterocycles. The normalized spacial score (nSPS) is 15.8. The molecule has 2 rings (SSSR count). The van der Waals surface area contributed by atoms with Gasteiger partial charge in [0.25, 0.3) is 0 Å². The van der Waals surface area contributed by atoms with Crippen molar-refractivity contribution in [2.24, 2.45) is 0 Å². The summed E-state index contributed by atoms with van der Waals surface area (Å²) in [6.07, 6.45) is 1.30. The largest absolute Gasteiger partial charge is 0.495 e. The Balaban J connectivity index is 1.92. The van der Waals surface area contributed by atoms with Crippen LogP contribution in [0.3, 0.4) is 0 Å². The van der Waals surface area contributed by atoms with Crippen molar-refractivity contribution in [3.05, 3.63) is 12.3 Å². The summed E-state index contributed by atoms with van der Waals surface area (Å²) in [6.45, 7) is 8.21. The third-order valence-electron chi connectivity index (χ3n) is 3.11. The number of carbonyl (C=O) groups is 1. The monoisotopic (exact) mass is 294 g/mol. The lowest BCUT2D eigenvalue weighted by Crippen LogP contribution is -2.50. The minimum absolute atomic E-state index is 0.265. The number of hydrogen-bond donors (Lipinski definition) is 0. The van der Waals surface area contributed by atoms with Crippen LogP contribution in [0.25, 0.3) is 0 Å². The second-order valence-corrected chi connectivity index (χ2v) is 5.91. The molecule has 21 heavy (non-hydrogen) atoms. The minimum Gasteiger partial charge on any atom is -0.495 e. The smallest absolute Gasteiger partial charge is 0.410 e. The Hall–Kier alpha value is -2.05. The Morgan fingerprint density at radius 3 is 2.48 bits per heavy atom. The Kier molecular flexibility index (Phi) is 4.50. The van der Waals surface area contributed by atoms with E-state index in [4.69, 9.17) is 9.47 Å². The first-order chi connectivity index (χ1) is 9.89. The van der Waals surface area contributed by atoms with Gasteiger partial charge in [-0.2, -0.15) is 5.10 Å². The molecular formula is C14H22N4O3. The van der Waals surface area contributed by atoms with E-state index in [1.54, 1.807) is 18.2 Å². The Bertz CT molecular complexity index is 493. The SMILES string of the molecule is COc1cnnc(N2CCN(C(=O)OC(C)(C)C)CC2)c1. The third kappa shape index (κ3) is 4.21. The van der Waals surface area contributed by atoms with Crippen LogP contribution in [0.5, 0.6) is 5.75 Å². The predicted octanol–water partition coefficient (Wildman–Crippen LogP) is 1.54. The fourth-order valence-corrected chi connectivity index (χ4v) is 2.05. The Morgan fingerprint density at radius 2 is 1.90 bits per heavy atom. The molecule has 7 nitrogen and oxygen atoms in total. The fourth-order valence-electron chi connectivity index (χ4n) is 2.05. The quantitative estimate of drug-likeness (QED) is 0.824. The first-order valence-corrected chi connectivity index (χ1v) is 6.98. The van der Waals surface area contributed by atoms with E-state index in [1.807, 2.05) is 26.8 Å². The van der Waals surface area contributed by atoms with Gasteiger partial charge in [0.2, 0.25) is 0 Å². The van der Waals surface area contributed by atoms with Gasteiger partial charge in [0, 0.05) is 32.2 Å². The van der Waals surface area contributed by atoms with Gasteiger partial charge in [0.15, 0.2) is 5.82 Å². The van der Waals surface area contributed by atoms with E-state index in [1.165, 1.54) is 0 Å². The molecule has 1 aromatic heterocycles. The number of hydrogen-bond acceptors (Lipinski definition) is 6. The summed E-state index contributed by atoms with van der Waals surface area (Å²) in [6, 6.07) is 1.84. The molecule has 0 unspecified atom stereocenters. The Morgan fingerprint density at radius 1 is 1.24 bits per heavy atom. The lowest BCUT2D eigenvalue weighted by atomic mass is 10.2. The molecule has 0 radical (unpaired) electrons. The van der Waals surface area contributed by atoms with Crippen LogP contribution in [0.4, 0.5) is 10.6 Å². The van der Waals surface area contributed by atoms with Crippen LogP contribution in [0.1, 0.15) is 20.8 Å².